The molecule has 1 fully saturated rings. The first-order valence-electron chi connectivity index (χ1n) is 10.8. The number of para-hydroxylation sites is 1. The van der Waals surface area contributed by atoms with E-state index in [2.05, 4.69) is 4.98 Å². The van der Waals surface area contributed by atoms with Crippen molar-refractivity contribution in [2.24, 2.45) is 0 Å². The predicted molar refractivity (Wildman–Crippen MR) is 119 cm³/mol. The van der Waals surface area contributed by atoms with Gasteiger partial charge in [-0.25, -0.2) is 0 Å². The van der Waals surface area contributed by atoms with Crippen molar-refractivity contribution in [3.63, 3.8) is 0 Å². The number of hydrogen-bond donors (Lipinski definition) is 0. The standard InChI is InChI=1S/C25H24F3N3O2/c1-16(2)22-15-20(19-5-3-4-6-21(19)29-22)24(33)31-13-11-30(12-14-31)23(32)17-7-9-18(10-8-17)25(26,27)28/h3-10,15-16H,11-14H2,1-2H3. The van der Waals surface area contributed by atoms with Crippen molar-refractivity contribution < 1.29 is 22.8 Å². The molecule has 2 aromatic carbocycles. The second-order valence-electron chi connectivity index (χ2n) is 8.43. The average Bonchev–Trinajstić information content (AvgIpc) is 2.82. The van der Waals surface area contributed by atoms with Gasteiger partial charge in [-0.05, 0) is 42.3 Å². The fraction of sp³-hybridized carbons (Fsp3) is 0.320. The van der Waals surface area contributed by atoms with E-state index in [0.717, 1.165) is 28.7 Å². The van der Waals surface area contributed by atoms with E-state index in [-0.39, 0.29) is 23.3 Å². The van der Waals surface area contributed by atoms with Crippen molar-refractivity contribution in [3.8, 4) is 0 Å². The maximum absolute atomic E-state index is 13.4. The lowest BCUT2D eigenvalue weighted by molar-refractivity contribution is -0.137. The number of hydrogen-bond acceptors (Lipinski definition) is 3. The number of piperazine rings is 1. The highest BCUT2D eigenvalue weighted by Crippen LogP contribution is 2.29. The number of nitrogens with zero attached hydrogens (tertiary/aromatic N) is 3. The highest BCUT2D eigenvalue weighted by molar-refractivity contribution is 6.06. The number of rotatable bonds is 3. The Bertz CT molecular complexity index is 1180. The molecule has 0 spiro atoms. The van der Waals surface area contributed by atoms with Crippen molar-refractivity contribution in [1.29, 1.82) is 0 Å². The van der Waals surface area contributed by atoms with Crippen LogP contribution < -0.4 is 0 Å². The number of pyridine rings is 1. The largest absolute Gasteiger partial charge is 0.416 e. The Kier molecular flexibility index (Phi) is 6.10. The van der Waals surface area contributed by atoms with Crippen molar-refractivity contribution in [2.75, 3.05) is 26.2 Å². The molecule has 0 N–H and O–H groups in total. The highest BCUT2D eigenvalue weighted by atomic mass is 19.4. The number of alkyl halides is 3. The molecule has 0 saturated carbocycles. The second kappa shape index (κ2) is 8.84. The van der Waals surface area contributed by atoms with Crippen LogP contribution in [0.5, 0.6) is 0 Å². The summed E-state index contributed by atoms with van der Waals surface area (Å²) in [5.74, 6) is -0.288. The van der Waals surface area contributed by atoms with Gasteiger partial charge in [-0.2, -0.15) is 13.2 Å². The lowest BCUT2D eigenvalue weighted by Gasteiger charge is -2.35. The van der Waals surface area contributed by atoms with Gasteiger partial charge >= 0.3 is 6.18 Å². The minimum atomic E-state index is -4.44. The molecule has 1 aliphatic heterocycles. The van der Waals surface area contributed by atoms with Crippen molar-refractivity contribution >= 4 is 22.7 Å². The van der Waals surface area contributed by atoms with Crippen molar-refractivity contribution in [3.05, 3.63) is 77.0 Å². The Labute approximate surface area is 189 Å². The minimum Gasteiger partial charge on any atom is -0.335 e. The van der Waals surface area contributed by atoms with Crippen LogP contribution in [0.15, 0.2) is 54.6 Å². The first kappa shape index (κ1) is 22.8. The van der Waals surface area contributed by atoms with Crippen molar-refractivity contribution in [2.45, 2.75) is 25.9 Å². The van der Waals surface area contributed by atoms with Crippen LogP contribution in [0.4, 0.5) is 13.2 Å². The average molecular weight is 455 g/mol. The second-order valence-corrected chi connectivity index (χ2v) is 8.43. The first-order chi connectivity index (χ1) is 15.6. The zero-order chi connectivity index (χ0) is 23.8. The molecule has 0 aliphatic carbocycles. The van der Waals surface area contributed by atoms with Gasteiger partial charge in [-0.15, -0.1) is 0 Å². The van der Waals surface area contributed by atoms with Gasteiger partial charge in [0.2, 0.25) is 0 Å². The molecule has 2 amide bonds. The number of benzene rings is 2. The molecular weight excluding hydrogens is 431 g/mol. The summed E-state index contributed by atoms with van der Waals surface area (Å²) in [6.45, 7) is 5.36. The van der Waals surface area contributed by atoms with Gasteiger partial charge in [0.05, 0.1) is 16.6 Å². The molecule has 1 aromatic heterocycles. The molecule has 8 heteroatoms. The summed E-state index contributed by atoms with van der Waals surface area (Å²) in [5, 5.41) is 0.787. The molecule has 172 valence electrons. The molecule has 0 radical (unpaired) electrons. The molecule has 0 atom stereocenters. The monoisotopic (exact) mass is 455 g/mol. The van der Waals surface area contributed by atoms with Gasteiger partial charge in [0.1, 0.15) is 0 Å². The lowest BCUT2D eigenvalue weighted by atomic mass is 10.0. The first-order valence-corrected chi connectivity index (χ1v) is 10.8. The maximum Gasteiger partial charge on any atom is 0.416 e. The van der Waals surface area contributed by atoms with E-state index >= 15 is 0 Å². The normalized spacial score (nSPS) is 14.7. The Balaban J connectivity index is 1.48. The van der Waals surface area contributed by atoms with Crippen LogP contribution in [-0.2, 0) is 6.18 Å². The Morgan fingerprint density at radius 3 is 2.03 bits per heavy atom. The van der Waals surface area contributed by atoms with E-state index in [1.807, 2.05) is 44.2 Å². The van der Waals surface area contributed by atoms with E-state index in [9.17, 15) is 22.8 Å². The molecule has 1 saturated heterocycles. The van der Waals surface area contributed by atoms with E-state index < -0.39 is 11.7 Å². The van der Waals surface area contributed by atoms with Crippen LogP contribution in [-0.4, -0.2) is 52.8 Å². The third-order valence-corrected chi connectivity index (χ3v) is 5.87. The molecule has 33 heavy (non-hydrogen) atoms. The molecule has 0 unspecified atom stereocenters. The summed E-state index contributed by atoms with van der Waals surface area (Å²) in [6.07, 6.45) is -4.44. The summed E-state index contributed by atoms with van der Waals surface area (Å²) in [6, 6.07) is 13.6. The molecule has 4 rings (SSSR count). The fourth-order valence-corrected chi connectivity index (χ4v) is 3.94. The summed E-state index contributed by atoms with van der Waals surface area (Å²) in [7, 11) is 0. The quantitative estimate of drug-likeness (QED) is 0.560. The number of carbonyl (C=O) groups excluding carboxylic acids is 2. The van der Waals surface area contributed by atoms with Crippen LogP contribution in [0.3, 0.4) is 0 Å². The Morgan fingerprint density at radius 2 is 1.45 bits per heavy atom. The molecule has 2 heterocycles. The molecular formula is C25H24F3N3O2. The number of fused-ring (bicyclic) bond motifs is 1. The zero-order valence-electron chi connectivity index (χ0n) is 18.4. The summed E-state index contributed by atoms with van der Waals surface area (Å²) in [5.41, 5.74) is 1.60. The van der Waals surface area contributed by atoms with E-state index in [1.165, 1.54) is 12.1 Å². The predicted octanol–water partition coefficient (Wildman–Crippen LogP) is 4.98. The van der Waals surface area contributed by atoms with Crippen molar-refractivity contribution in [1.82, 2.24) is 14.8 Å². The number of halogens is 3. The fourth-order valence-electron chi connectivity index (χ4n) is 3.94. The van der Waals surface area contributed by atoms with Crippen LogP contribution in [0.2, 0.25) is 0 Å². The molecule has 0 bridgehead atoms. The summed E-state index contributed by atoms with van der Waals surface area (Å²) >= 11 is 0. The molecule has 1 aliphatic rings. The third kappa shape index (κ3) is 4.69. The van der Waals surface area contributed by atoms with Crippen LogP contribution >= 0.6 is 0 Å². The van der Waals surface area contributed by atoms with Crippen LogP contribution in [0.25, 0.3) is 10.9 Å². The van der Waals surface area contributed by atoms with Gasteiger partial charge in [-0.1, -0.05) is 32.0 Å². The number of aromatic nitrogens is 1. The Morgan fingerprint density at radius 1 is 0.879 bits per heavy atom. The smallest absolute Gasteiger partial charge is 0.335 e. The molecule has 3 aromatic rings. The Hall–Kier alpha value is -3.42. The van der Waals surface area contributed by atoms with Gasteiger partial charge in [0.25, 0.3) is 11.8 Å². The van der Waals surface area contributed by atoms with Gasteiger partial charge < -0.3 is 9.80 Å². The number of amides is 2. The topological polar surface area (TPSA) is 53.5 Å². The minimum absolute atomic E-state index is 0.114. The maximum atomic E-state index is 13.4. The van der Waals surface area contributed by atoms with Crippen LogP contribution in [0.1, 0.15) is 51.7 Å². The van der Waals surface area contributed by atoms with E-state index in [1.54, 1.807) is 9.80 Å². The van der Waals surface area contributed by atoms with Gasteiger partial charge in [0, 0.05) is 42.8 Å². The SMILES string of the molecule is CC(C)c1cc(C(=O)N2CCN(C(=O)c3ccc(C(F)(F)F)cc3)CC2)c2ccccc2n1. The third-order valence-electron chi connectivity index (χ3n) is 5.87. The number of carbonyl (C=O) groups is 2. The lowest BCUT2D eigenvalue weighted by Crippen LogP contribution is -2.50. The van der Waals surface area contributed by atoms with E-state index in [0.29, 0.717) is 31.7 Å². The summed E-state index contributed by atoms with van der Waals surface area (Å²) in [4.78, 5) is 34.0. The molecule has 5 nitrogen and oxygen atoms in total. The summed E-state index contributed by atoms with van der Waals surface area (Å²) < 4.78 is 38.3. The highest BCUT2D eigenvalue weighted by Gasteiger charge is 2.31. The van der Waals surface area contributed by atoms with Gasteiger partial charge in [-0.3, -0.25) is 14.6 Å². The van der Waals surface area contributed by atoms with Gasteiger partial charge in [0.15, 0.2) is 0 Å². The van der Waals surface area contributed by atoms with Crippen LogP contribution in [0, 0.1) is 0 Å². The van der Waals surface area contributed by atoms with E-state index in [4.69, 9.17) is 0 Å². The zero-order valence-corrected chi connectivity index (χ0v) is 18.4.